The summed E-state index contributed by atoms with van der Waals surface area (Å²) in [5, 5.41) is 22.3. The van der Waals surface area contributed by atoms with Crippen molar-refractivity contribution in [1.82, 2.24) is 4.90 Å². The second-order valence-electron chi connectivity index (χ2n) is 10.3. The number of ether oxygens (including phenoxy) is 2. The van der Waals surface area contributed by atoms with Crippen molar-refractivity contribution in [2.45, 2.75) is 33.4 Å². The lowest BCUT2D eigenvalue weighted by molar-refractivity contribution is -0.384. The molecule has 3 atom stereocenters. The molecule has 206 valence electrons. The van der Waals surface area contributed by atoms with Crippen LogP contribution in [-0.2, 0) is 20.9 Å². The van der Waals surface area contributed by atoms with Crippen LogP contribution in [0.5, 0.6) is 5.75 Å². The van der Waals surface area contributed by atoms with Gasteiger partial charge in [0.1, 0.15) is 18.1 Å². The van der Waals surface area contributed by atoms with Gasteiger partial charge in [0.15, 0.2) is 0 Å². The topological polar surface area (TPSA) is 136 Å². The number of amides is 1. The first-order valence-electron chi connectivity index (χ1n) is 12.9. The van der Waals surface area contributed by atoms with Gasteiger partial charge in [0, 0.05) is 29.0 Å². The Kier molecular flexibility index (Phi) is 7.12. The van der Waals surface area contributed by atoms with Crippen LogP contribution in [0, 0.1) is 27.9 Å². The quantitative estimate of drug-likeness (QED) is 0.145. The molecule has 0 aromatic heterocycles. The largest absolute Gasteiger partial charge is 0.488 e. The van der Waals surface area contributed by atoms with E-state index in [9.17, 15) is 29.6 Å². The number of esters is 2. The van der Waals surface area contributed by atoms with E-state index >= 15 is 0 Å². The molecular weight excluding hydrogens is 516 g/mol. The number of aliphatic hydroxyl groups excluding tert-OH is 1. The van der Waals surface area contributed by atoms with Gasteiger partial charge in [-0.1, -0.05) is 51.1 Å². The summed E-state index contributed by atoms with van der Waals surface area (Å²) in [4.78, 5) is 51.0. The third kappa shape index (κ3) is 4.50. The highest BCUT2D eigenvalue weighted by Crippen LogP contribution is 2.49. The smallest absolute Gasteiger partial charge is 0.363 e. The number of aliphatic hydroxyl groups is 1. The summed E-state index contributed by atoms with van der Waals surface area (Å²) in [5.74, 6) is -2.10. The average molecular weight is 545 g/mol. The normalized spacial score (nSPS) is 20.0. The second-order valence-corrected chi connectivity index (χ2v) is 10.3. The fraction of sp³-hybridized carbons (Fsp3) is 0.300. The van der Waals surface area contributed by atoms with Gasteiger partial charge in [-0.2, -0.15) is 0 Å². The average Bonchev–Trinajstić information content (AvgIpc) is 3.18. The van der Waals surface area contributed by atoms with E-state index in [4.69, 9.17) is 9.47 Å². The molecule has 2 aliphatic heterocycles. The first-order chi connectivity index (χ1) is 19.1. The number of nitro groups is 1. The number of β-lactam (4-membered cyclic amide) rings is 1. The number of benzene rings is 3. The predicted octanol–water partition coefficient (Wildman–Crippen LogP) is 4.39. The standard InChI is InChI=1S/C30H28N2O8/c1-16(2)25-26-17(3)23(15-39-24-9-5-7-21-19(14-33)6-4-8-22(21)24)27(31(26)28(25)34)30(36)40-29(35)18-10-12-20(13-11-18)32(37)38/h4-13,16-17,25-26,33H,14-15H2,1-3H3/t17-,25+,26+/m0/s1. The van der Waals surface area contributed by atoms with Crippen LogP contribution in [0.1, 0.15) is 36.7 Å². The molecule has 2 heterocycles. The molecule has 0 aliphatic carbocycles. The van der Waals surface area contributed by atoms with Crippen LogP contribution in [0.15, 0.2) is 71.9 Å². The van der Waals surface area contributed by atoms with Crippen LogP contribution in [0.25, 0.3) is 10.8 Å². The van der Waals surface area contributed by atoms with Crippen molar-refractivity contribution in [3.63, 3.8) is 0 Å². The Morgan fingerprint density at radius 1 is 1.02 bits per heavy atom. The third-order valence-electron chi connectivity index (χ3n) is 7.73. The van der Waals surface area contributed by atoms with Crippen LogP contribution in [0.4, 0.5) is 5.69 Å². The van der Waals surface area contributed by atoms with Crippen molar-refractivity contribution >= 4 is 34.3 Å². The van der Waals surface area contributed by atoms with E-state index in [1.165, 1.54) is 17.0 Å². The number of nitrogens with zero attached hydrogens (tertiary/aromatic N) is 2. The summed E-state index contributed by atoms with van der Waals surface area (Å²) in [6, 6.07) is 15.4. The number of carbonyl (C=O) groups excluding carboxylic acids is 3. The van der Waals surface area contributed by atoms with E-state index in [0.29, 0.717) is 11.3 Å². The van der Waals surface area contributed by atoms with E-state index in [1.807, 2.05) is 51.1 Å². The Morgan fingerprint density at radius 2 is 1.70 bits per heavy atom. The zero-order valence-corrected chi connectivity index (χ0v) is 22.2. The summed E-state index contributed by atoms with van der Waals surface area (Å²) >= 11 is 0. The first-order valence-corrected chi connectivity index (χ1v) is 12.9. The Bertz CT molecular complexity index is 1560. The summed E-state index contributed by atoms with van der Waals surface area (Å²) in [6.07, 6.45) is 0. The fourth-order valence-electron chi connectivity index (χ4n) is 5.69. The highest BCUT2D eigenvalue weighted by atomic mass is 16.6. The molecule has 0 unspecified atom stereocenters. The minimum atomic E-state index is -0.984. The molecule has 3 aromatic rings. The van der Waals surface area contributed by atoms with Gasteiger partial charge < -0.3 is 19.5 Å². The van der Waals surface area contributed by atoms with Crippen molar-refractivity contribution in [1.29, 1.82) is 0 Å². The van der Waals surface area contributed by atoms with Gasteiger partial charge in [-0.25, -0.2) is 9.59 Å². The highest BCUT2D eigenvalue weighted by molar-refractivity contribution is 6.06. The van der Waals surface area contributed by atoms with Crippen LogP contribution in [0.3, 0.4) is 0 Å². The molecule has 0 bridgehead atoms. The zero-order valence-electron chi connectivity index (χ0n) is 22.2. The maximum absolute atomic E-state index is 13.4. The van der Waals surface area contributed by atoms with Gasteiger partial charge in [0.05, 0.1) is 29.1 Å². The van der Waals surface area contributed by atoms with Crippen LogP contribution in [-0.4, -0.2) is 45.4 Å². The molecular formula is C30H28N2O8. The van der Waals surface area contributed by atoms with Crippen molar-refractivity contribution in [2.75, 3.05) is 6.61 Å². The monoisotopic (exact) mass is 544 g/mol. The van der Waals surface area contributed by atoms with E-state index in [0.717, 1.165) is 28.5 Å². The molecule has 1 fully saturated rings. The molecule has 10 heteroatoms. The van der Waals surface area contributed by atoms with Crippen LogP contribution >= 0.6 is 0 Å². The Labute approximate surface area is 229 Å². The predicted molar refractivity (Wildman–Crippen MR) is 144 cm³/mol. The van der Waals surface area contributed by atoms with E-state index < -0.39 is 16.9 Å². The molecule has 1 saturated heterocycles. The maximum atomic E-state index is 13.4. The summed E-state index contributed by atoms with van der Waals surface area (Å²) in [7, 11) is 0. The number of fused-ring (bicyclic) bond motifs is 2. The Balaban J connectivity index is 1.45. The first kappa shape index (κ1) is 27.0. The second kappa shape index (κ2) is 10.5. The number of rotatable bonds is 8. The van der Waals surface area contributed by atoms with Crippen molar-refractivity contribution in [3.8, 4) is 5.75 Å². The molecule has 40 heavy (non-hydrogen) atoms. The van der Waals surface area contributed by atoms with Gasteiger partial charge >= 0.3 is 11.9 Å². The molecule has 0 saturated carbocycles. The van der Waals surface area contributed by atoms with Gasteiger partial charge in [-0.15, -0.1) is 0 Å². The maximum Gasteiger partial charge on any atom is 0.363 e. The minimum absolute atomic E-state index is 0.00838. The highest BCUT2D eigenvalue weighted by Gasteiger charge is 2.59. The van der Waals surface area contributed by atoms with Crippen molar-refractivity contribution in [3.05, 3.63) is 93.2 Å². The van der Waals surface area contributed by atoms with Crippen LogP contribution < -0.4 is 4.74 Å². The summed E-state index contributed by atoms with van der Waals surface area (Å²) in [5.41, 5.74) is 1.04. The lowest BCUT2D eigenvalue weighted by atomic mass is 9.74. The SMILES string of the molecule is CC(C)[C@H]1C(=O)N2C(C(=O)OC(=O)c3ccc([N+](=O)[O-])cc3)=C(COc3cccc4c(CO)cccc34)[C@H](C)[C@H]12. The Hall–Kier alpha value is -4.57. The third-order valence-corrected chi connectivity index (χ3v) is 7.73. The lowest BCUT2D eigenvalue weighted by Gasteiger charge is -2.47. The van der Waals surface area contributed by atoms with Crippen LogP contribution in [0.2, 0.25) is 0 Å². The molecule has 1 N–H and O–H groups in total. The minimum Gasteiger partial charge on any atom is -0.488 e. The van der Waals surface area contributed by atoms with E-state index in [1.54, 1.807) is 6.07 Å². The van der Waals surface area contributed by atoms with Gasteiger partial charge in [0.25, 0.3) is 5.69 Å². The lowest BCUT2D eigenvalue weighted by Crippen LogP contribution is -2.62. The molecule has 2 aliphatic rings. The zero-order chi connectivity index (χ0) is 28.7. The summed E-state index contributed by atoms with van der Waals surface area (Å²) < 4.78 is 11.4. The molecule has 0 radical (unpaired) electrons. The van der Waals surface area contributed by atoms with E-state index in [-0.39, 0.29) is 59.9 Å². The molecule has 5 rings (SSSR count). The number of carbonyl (C=O) groups is 3. The van der Waals surface area contributed by atoms with Crippen molar-refractivity contribution < 1.29 is 33.9 Å². The molecule has 1 amide bonds. The number of hydrogen-bond acceptors (Lipinski definition) is 8. The van der Waals surface area contributed by atoms with E-state index in [2.05, 4.69) is 0 Å². The van der Waals surface area contributed by atoms with Gasteiger partial charge in [-0.05, 0) is 35.1 Å². The fourth-order valence-corrected chi connectivity index (χ4v) is 5.69. The summed E-state index contributed by atoms with van der Waals surface area (Å²) in [6.45, 7) is 5.67. The van der Waals surface area contributed by atoms with Gasteiger partial charge in [0.2, 0.25) is 5.91 Å². The number of nitro benzene ring substituents is 1. The number of non-ortho nitro benzene ring substituents is 1. The number of hydrogen-bond donors (Lipinski definition) is 1. The molecule has 3 aromatic carbocycles. The molecule has 0 spiro atoms. The van der Waals surface area contributed by atoms with Crippen molar-refractivity contribution in [2.24, 2.45) is 17.8 Å². The Morgan fingerprint density at radius 3 is 2.35 bits per heavy atom. The molecule has 10 nitrogen and oxygen atoms in total. The van der Waals surface area contributed by atoms with Gasteiger partial charge in [-0.3, -0.25) is 14.9 Å².